The fourth-order valence-electron chi connectivity index (χ4n) is 4.18. The molecule has 1 atom stereocenters. The highest BCUT2D eigenvalue weighted by Gasteiger charge is 2.29. The summed E-state index contributed by atoms with van der Waals surface area (Å²) >= 11 is 1.20. The molecule has 0 saturated carbocycles. The van der Waals surface area contributed by atoms with Gasteiger partial charge >= 0.3 is 0 Å². The molecule has 0 fully saturated rings. The number of hydrogen-bond acceptors (Lipinski definition) is 6. The molecule has 1 amide bonds. The Bertz CT molecular complexity index is 1510. The summed E-state index contributed by atoms with van der Waals surface area (Å²) in [5.41, 5.74) is 2.32. The van der Waals surface area contributed by atoms with Gasteiger partial charge in [-0.3, -0.25) is 9.52 Å². The van der Waals surface area contributed by atoms with Crippen molar-refractivity contribution in [3.05, 3.63) is 70.6 Å². The summed E-state index contributed by atoms with van der Waals surface area (Å²) in [6.07, 6.45) is 2.39. The quantitative estimate of drug-likeness (QED) is 0.431. The highest BCUT2D eigenvalue weighted by molar-refractivity contribution is 7.93. The number of benzene rings is 2. The number of anilines is 1. The SMILES string of the molecule is CCc1nnc(NS(=O)(=O)c2ccc3c(c2)CN(C(=O)C(C)n2ccc4c(F)cccc42)C3)s1. The number of nitrogens with zero attached hydrogens (tertiary/aromatic N) is 4. The Hall–Kier alpha value is -3.31. The summed E-state index contributed by atoms with van der Waals surface area (Å²) in [6.45, 7) is 4.39. The van der Waals surface area contributed by atoms with Crippen LogP contribution in [0.15, 0.2) is 53.6 Å². The Kier molecular flexibility index (Phi) is 5.61. The molecule has 34 heavy (non-hydrogen) atoms. The average Bonchev–Trinajstić information content (AvgIpc) is 3.55. The molecule has 1 aliphatic heterocycles. The molecule has 3 heterocycles. The maximum absolute atomic E-state index is 14.1. The van der Waals surface area contributed by atoms with Crippen molar-refractivity contribution < 1.29 is 17.6 Å². The van der Waals surface area contributed by atoms with Gasteiger partial charge in [0.25, 0.3) is 10.0 Å². The van der Waals surface area contributed by atoms with Crippen LogP contribution in [0.2, 0.25) is 0 Å². The van der Waals surface area contributed by atoms with E-state index >= 15 is 0 Å². The van der Waals surface area contributed by atoms with Crippen LogP contribution in [0.5, 0.6) is 0 Å². The predicted molar refractivity (Wildman–Crippen MR) is 127 cm³/mol. The van der Waals surface area contributed by atoms with Crippen LogP contribution in [0.25, 0.3) is 10.9 Å². The number of carbonyl (C=O) groups is 1. The summed E-state index contributed by atoms with van der Waals surface area (Å²) in [7, 11) is -3.83. The van der Waals surface area contributed by atoms with Gasteiger partial charge in [0.1, 0.15) is 16.9 Å². The van der Waals surface area contributed by atoms with Crippen LogP contribution < -0.4 is 4.72 Å². The van der Waals surface area contributed by atoms with E-state index in [-0.39, 0.29) is 21.8 Å². The van der Waals surface area contributed by atoms with Gasteiger partial charge in [-0.25, -0.2) is 12.8 Å². The summed E-state index contributed by atoms with van der Waals surface area (Å²) in [5.74, 6) is -0.451. The van der Waals surface area contributed by atoms with Crippen LogP contribution in [0.3, 0.4) is 0 Å². The Morgan fingerprint density at radius 1 is 1.18 bits per heavy atom. The van der Waals surface area contributed by atoms with Crippen molar-refractivity contribution in [2.75, 3.05) is 4.72 Å². The topological polar surface area (TPSA) is 97.2 Å². The molecule has 0 bridgehead atoms. The maximum atomic E-state index is 14.1. The van der Waals surface area contributed by atoms with E-state index in [1.165, 1.54) is 23.5 Å². The van der Waals surface area contributed by atoms with Crippen molar-refractivity contribution in [2.45, 2.75) is 44.3 Å². The number of fused-ring (bicyclic) bond motifs is 2. The number of rotatable bonds is 6. The summed E-state index contributed by atoms with van der Waals surface area (Å²) in [5, 5.41) is 9.24. The number of aryl methyl sites for hydroxylation is 1. The second-order valence-electron chi connectivity index (χ2n) is 8.16. The van der Waals surface area contributed by atoms with Crippen LogP contribution in [0.4, 0.5) is 9.52 Å². The minimum absolute atomic E-state index is 0.105. The Labute approximate surface area is 200 Å². The number of amides is 1. The fourth-order valence-corrected chi connectivity index (χ4v) is 6.14. The van der Waals surface area contributed by atoms with Gasteiger partial charge in [0.2, 0.25) is 11.0 Å². The number of carbonyl (C=O) groups excluding carboxylic acids is 1. The van der Waals surface area contributed by atoms with Gasteiger partial charge in [0, 0.05) is 24.7 Å². The lowest BCUT2D eigenvalue weighted by atomic mass is 10.1. The third kappa shape index (κ3) is 3.94. The number of nitrogens with one attached hydrogen (secondary N) is 1. The first-order valence-electron chi connectivity index (χ1n) is 10.8. The maximum Gasteiger partial charge on any atom is 0.263 e. The molecule has 11 heteroatoms. The lowest BCUT2D eigenvalue weighted by Gasteiger charge is -2.22. The molecule has 2 aromatic carbocycles. The lowest BCUT2D eigenvalue weighted by molar-refractivity contribution is -0.134. The van der Waals surface area contributed by atoms with E-state index in [2.05, 4.69) is 14.9 Å². The molecule has 0 radical (unpaired) electrons. The van der Waals surface area contributed by atoms with E-state index in [4.69, 9.17) is 0 Å². The van der Waals surface area contributed by atoms with E-state index in [9.17, 15) is 17.6 Å². The molecule has 1 unspecified atom stereocenters. The Balaban J connectivity index is 1.34. The smallest absolute Gasteiger partial charge is 0.263 e. The zero-order chi connectivity index (χ0) is 24.0. The van der Waals surface area contributed by atoms with E-state index in [1.54, 1.807) is 52.9 Å². The first-order valence-corrected chi connectivity index (χ1v) is 13.1. The highest BCUT2D eigenvalue weighted by atomic mass is 32.2. The van der Waals surface area contributed by atoms with Crippen molar-refractivity contribution in [1.82, 2.24) is 19.7 Å². The molecular weight excluding hydrogens is 477 g/mol. The number of aromatic nitrogens is 3. The first kappa shape index (κ1) is 22.5. The van der Waals surface area contributed by atoms with Gasteiger partial charge < -0.3 is 9.47 Å². The highest BCUT2D eigenvalue weighted by Crippen LogP contribution is 2.30. The minimum Gasteiger partial charge on any atom is -0.335 e. The molecule has 2 aromatic heterocycles. The molecule has 0 aliphatic carbocycles. The minimum atomic E-state index is -3.83. The molecular formula is C23H22FN5O3S2. The van der Waals surface area contributed by atoms with Crippen molar-refractivity contribution >= 4 is 43.3 Å². The normalized spacial score (nSPS) is 14.4. The zero-order valence-corrected chi connectivity index (χ0v) is 20.2. The van der Waals surface area contributed by atoms with E-state index < -0.39 is 16.1 Å². The second kappa shape index (κ2) is 8.48. The van der Waals surface area contributed by atoms with Crippen molar-refractivity contribution in [2.24, 2.45) is 0 Å². The Morgan fingerprint density at radius 3 is 2.74 bits per heavy atom. The lowest BCUT2D eigenvalue weighted by Crippen LogP contribution is -2.32. The van der Waals surface area contributed by atoms with Gasteiger partial charge in [0.15, 0.2) is 0 Å². The predicted octanol–water partition coefficient (Wildman–Crippen LogP) is 4.10. The van der Waals surface area contributed by atoms with Gasteiger partial charge in [-0.15, -0.1) is 10.2 Å². The molecule has 1 aliphatic rings. The van der Waals surface area contributed by atoms with Crippen LogP contribution in [0.1, 0.15) is 36.0 Å². The van der Waals surface area contributed by atoms with Crippen LogP contribution in [0, 0.1) is 5.82 Å². The van der Waals surface area contributed by atoms with Gasteiger partial charge in [-0.05, 0) is 54.8 Å². The summed E-state index contributed by atoms with van der Waals surface area (Å²) in [6, 6.07) is 10.8. The van der Waals surface area contributed by atoms with Gasteiger partial charge in [0.05, 0.1) is 10.4 Å². The second-order valence-corrected chi connectivity index (χ2v) is 10.9. The largest absolute Gasteiger partial charge is 0.335 e. The van der Waals surface area contributed by atoms with Gasteiger partial charge in [-0.2, -0.15) is 0 Å². The Morgan fingerprint density at radius 2 is 1.97 bits per heavy atom. The van der Waals surface area contributed by atoms with Crippen molar-refractivity contribution in [3.8, 4) is 0 Å². The third-order valence-electron chi connectivity index (χ3n) is 6.00. The van der Waals surface area contributed by atoms with Crippen LogP contribution >= 0.6 is 11.3 Å². The monoisotopic (exact) mass is 499 g/mol. The molecule has 1 N–H and O–H groups in total. The number of halogens is 1. The summed E-state index contributed by atoms with van der Waals surface area (Å²) in [4.78, 5) is 15.0. The molecule has 5 rings (SSSR count). The average molecular weight is 500 g/mol. The molecule has 0 saturated heterocycles. The van der Waals surface area contributed by atoms with Crippen molar-refractivity contribution in [1.29, 1.82) is 0 Å². The van der Waals surface area contributed by atoms with Crippen LogP contribution in [-0.4, -0.2) is 34.0 Å². The number of hydrogen-bond donors (Lipinski definition) is 1. The molecule has 4 aromatic rings. The molecule has 0 spiro atoms. The van der Waals surface area contributed by atoms with E-state index in [0.717, 1.165) is 16.1 Å². The van der Waals surface area contributed by atoms with E-state index in [0.29, 0.717) is 30.4 Å². The molecule has 8 nitrogen and oxygen atoms in total. The standard InChI is InChI=1S/C23H22FN5O3S2/c1-3-21-25-26-23(33-21)27-34(31,32)17-8-7-15-12-28(13-16(15)11-17)22(30)14(2)29-10-9-18-19(24)5-4-6-20(18)29/h4-11,14H,3,12-13H2,1-2H3,(H,26,27). The van der Waals surface area contributed by atoms with Gasteiger partial charge in [-0.1, -0.05) is 30.4 Å². The number of sulfonamides is 1. The first-order chi connectivity index (χ1) is 16.3. The zero-order valence-electron chi connectivity index (χ0n) is 18.5. The van der Waals surface area contributed by atoms with E-state index in [1.807, 2.05) is 6.92 Å². The van der Waals surface area contributed by atoms with Crippen LogP contribution in [-0.2, 0) is 34.3 Å². The molecule has 176 valence electrons. The van der Waals surface area contributed by atoms with Crippen molar-refractivity contribution in [3.63, 3.8) is 0 Å². The summed E-state index contributed by atoms with van der Waals surface area (Å²) < 4.78 is 44.0. The third-order valence-corrected chi connectivity index (χ3v) is 8.45. The fraction of sp³-hybridized carbons (Fsp3) is 0.261.